The van der Waals surface area contributed by atoms with Gasteiger partial charge in [0.25, 0.3) is 0 Å². The maximum Gasteiger partial charge on any atom is 0.157 e. The molecule has 0 aromatic heterocycles. The van der Waals surface area contributed by atoms with Gasteiger partial charge in [0, 0.05) is 17.6 Å². The van der Waals surface area contributed by atoms with Crippen LogP contribution in [0.2, 0.25) is 5.02 Å². The summed E-state index contributed by atoms with van der Waals surface area (Å²) < 4.78 is 0. The van der Waals surface area contributed by atoms with Crippen LogP contribution in [0.4, 0.5) is 0 Å². The Hall–Kier alpha value is -1.71. The predicted molar refractivity (Wildman–Crippen MR) is 74.5 cm³/mol. The zero-order valence-electron chi connectivity index (χ0n) is 10.2. The Labute approximate surface area is 116 Å². The van der Waals surface area contributed by atoms with E-state index in [-0.39, 0.29) is 17.5 Å². The van der Waals surface area contributed by atoms with Gasteiger partial charge < -0.3 is 15.5 Å². The van der Waals surface area contributed by atoms with Crippen LogP contribution in [0.5, 0.6) is 11.5 Å². The summed E-state index contributed by atoms with van der Waals surface area (Å²) >= 11 is 5.89. The Morgan fingerprint density at radius 1 is 1.00 bits per heavy atom. The number of hydrogen-bond acceptors (Lipinski definition) is 3. The monoisotopic (exact) mass is 275 g/mol. The molecule has 1 aliphatic heterocycles. The largest absolute Gasteiger partial charge is 0.504 e. The van der Waals surface area contributed by atoms with Crippen LogP contribution >= 0.6 is 11.6 Å². The summed E-state index contributed by atoms with van der Waals surface area (Å²) in [5.41, 5.74) is 3.26. The highest BCUT2D eigenvalue weighted by Crippen LogP contribution is 2.33. The number of phenols is 2. The minimum atomic E-state index is -0.0644. The molecule has 1 heterocycles. The van der Waals surface area contributed by atoms with Crippen LogP contribution < -0.4 is 5.32 Å². The first-order valence-corrected chi connectivity index (χ1v) is 6.54. The quantitative estimate of drug-likeness (QED) is 0.701. The number of aromatic hydroxyl groups is 2. The molecule has 0 spiro atoms. The van der Waals surface area contributed by atoms with E-state index < -0.39 is 0 Å². The van der Waals surface area contributed by atoms with Gasteiger partial charge in [-0.1, -0.05) is 23.7 Å². The lowest BCUT2D eigenvalue weighted by Gasteiger charge is -2.27. The molecule has 0 bridgehead atoms. The van der Waals surface area contributed by atoms with Crippen molar-refractivity contribution in [1.29, 1.82) is 0 Å². The van der Waals surface area contributed by atoms with Crippen LogP contribution in [0.15, 0.2) is 36.4 Å². The van der Waals surface area contributed by atoms with Gasteiger partial charge in [-0.2, -0.15) is 0 Å². The summed E-state index contributed by atoms with van der Waals surface area (Å²) in [5, 5.41) is 23.2. The zero-order chi connectivity index (χ0) is 13.4. The van der Waals surface area contributed by atoms with Crippen molar-refractivity contribution >= 4 is 11.6 Å². The van der Waals surface area contributed by atoms with E-state index >= 15 is 0 Å². The van der Waals surface area contributed by atoms with Crippen molar-refractivity contribution in [2.45, 2.75) is 19.0 Å². The van der Waals surface area contributed by atoms with Crippen LogP contribution in [0.3, 0.4) is 0 Å². The molecule has 4 heteroatoms. The van der Waals surface area contributed by atoms with Crippen LogP contribution in [0, 0.1) is 0 Å². The number of phenolic OH excluding ortho intramolecular Hbond substituents is 2. The topological polar surface area (TPSA) is 52.5 Å². The number of fused-ring (bicyclic) bond motifs is 1. The van der Waals surface area contributed by atoms with Crippen molar-refractivity contribution in [2.75, 3.05) is 0 Å². The lowest BCUT2D eigenvalue weighted by molar-refractivity contribution is 0.399. The highest BCUT2D eigenvalue weighted by molar-refractivity contribution is 6.30. The number of benzene rings is 2. The van der Waals surface area contributed by atoms with Crippen molar-refractivity contribution in [3.8, 4) is 11.5 Å². The van der Waals surface area contributed by atoms with Gasteiger partial charge >= 0.3 is 0 Å². The Morgan fingerprint density at radius 2 is 1.63 bits per heavy atom. The lowest BCUT2D eigenvalue weighted by Crippen LogP contribution is -2.28. The highest BCUT2D eigenvalue weighted by atomic mass is 35.5. The van der Waals surface area contributed by atoms with Crippen LogP contribution in [0.25, 0.3) is 0 Å². The van der Waals surface area contributed by atoms with Gasteiger partial charge in [0.2, 0.25) is 0 Å². The van der Waals surface area contributed by atoms with Crippen molar-refractivity contribution in [3.63, 3.8) is 0 Å². The minimum absolute atomic E-state index is 0.0597. The fraction of sp³-hybridized carbons (Fsp3) is 0.200. The first-order chi connectivity index (χ1) is 9.13. The third-order valence-corrected chi connectivity index (χ3v) is 3.78. The molecule has 98 valence electrons. The standard InChI is InChI=1S/C15H14ClNO2/c16-12-3-1-9(2-4-12)13-5-10-6-14(18)15(19)7-11(10)8-17-13/h1-4,6-7,13,17-19H,5,8H2. The molecule has 0 radical (unpaired) electrons. The maximum atomic E-state index is 9.58. The summed E-state index contributed by atoms with van der Waals surface area (Å²) in [5.74, 6) is -0.124. The molecule has 0 fully saturated rings. The van der Waals surface area contributed by atoms with Crippen molar-refractivity contribution in [3.05, 3.63) is 58.1 Å². The van der Waals surface area contributed by atoms with E-state index in [0.717, 1.165) is 22.6 Å². The molecule has 3 nitrogen and oxygen atoms in total. The van der Waals surface area contributed by atoms with Gasteiger partial charge in [0.05, 0.1) is 0 Å². The Bertz CT molecular complexity index is 610. The lowest BCUT2D eigenvalue weighted by atomic mass is 9.91. The molecule has 2 aromatic carbocycles. The van der Waals surface area contributed by atoms with Crippen molar-refractivity contribution in [1.82, 2.24) is 5.32 Å². The second kappa shape index (κ2) is 4.76. The molecule has 0 saturated carbocycles. The fourth-order valence-electron chi connectivity index (χ4n) is 2.47. The third-order valence-electron chi connectivity index (χ3n) is 3.53. The summed E-state index contributed by atoms with van der Waals surface area (Å²) in [6.07, 6.45) is 0.783. The third kappa shape index (κ3) is 2.39. The molecule has 0 aliphatic carbocycles. The summed E-state index contributed by atoms with van der Waals surface area (Å²) in [6.45, 7) is 0.677. The molecule has 3 rings (SSSR count). The van der Waals surface area contributed by atoms with Crippen LogP contribution in [-0.2, 0) is 13.0 Å². The van der Waals surface area contributed by atoms with Gasteiger partial charge in [-0.15, -0.1) is 0 Å². The second-order valence-corrected chi connectivity index (χ2v) is 5.24. The highest BCUT2D eigenvalue weighted by Gasteiger charge is 2.21. The normalized spacial score (nSPS) is 18.1. The Kier molecular flexibility index (Phi) is 3.09. The van der Waals surface area contributed by atoms with Gasteiger partial charge in [-0.3, -0.25) is 0 Å². The van der Waals surface area contributed by atoms with E-state index in [1.165, 1.54) is 5.56 Å². The zero-order valence-corrected chi connectivity index (χ0v) is 11.0. The Balaban J connectivity index is 1.89. The van der Waals surface area contributed by atoms with Crippen molar-refractivity contribution < 1.29 is 10.2 Å². The maximum absolute atomic E-state index is 9.58. The average molecular weight is 276 g/mol. The average Bonchev–Trinajstić information content (AvgIpc) is 2.40. The van der Waals surface area contributed by atoms with E-state index in [4.69, 9.17) is 11.6 Å². The predicted octanol–water partition coefficient (Wildman–Crippen LogP) is 3.14. The van der Waals surface area contributed by atoms with E-state index in [9.17, 15) is 10.2 Å². The molecule has 0 saturated heterocycles. The molecule has 1 unspecified atom stereocenters. The van der Waals surface area contributed by atoms with E-state index in [1.54, 1.807) is 12.1 Å². The summed E-state index contributed by atoms with van der Waals surface area (Å²) in [4.78, 5) is 0. The number of halogens is 1. The molecule has 3 N–H and O–H groups in total. The Morgan fingerprint density at radius 3 is 2.32 bits per heavy atom. The van der Waals surface area contributed by atoms with Gasteiger partial charge in [0.15, 0.2) is 11.5 Å². The van der Waals surface area contributed by atoms with E-state index in [1.807, 2.05) is 24.3 Å². The van der Waals surface area contributed by atoms with Crippen LogP contribution in [-0.4, -0.2) is 10.2 Å². The first kappa shape index (κ1) is 12.3. The first-order valence-electron chi connectivity index (χ1n) is 6.16. The van der Waals surface area contributed by atoms with Crippen molar-refractivity contribution in [2.24, 2.45) is 0 Å². The SMILES string of the molecule is Oc1cc2c(cc1O)CC(c1ccc(Cl)cc1)NC2. The molecule has 1 atom stereocenters. The molecule has 0 amide bonds. The molecule has 19 heavy (non-hydrogen) atoms. The van der Waals surface area contributed by atoms with Gasteiger partial charge in [-0.05, 0) is 47.4 Å². The van der Waals surface area contributed by atoms with E-state index in [0.29, 0.717) is 6.54 Å². The van der Waals surface area contributed by atoms with Gasteiger partial charge in [0.1, 0.15) is 0 Å². The number of nitrogens with one attached hydrogen (secondary N) is 1. The number of hydrogen-bond donors (Lipinski definition) is 3. The van der Waals surface area contributed by atoms with Crippen LogP contribution in [0.1, 0.15) is 22.7 Å². The molecule has 1 aliphatic rings. The number of rotatable bonds is 1. The van der Waals surface area contributed by atoms with Gasteiger partial charge in [-0.25, -0.2) is 0 Å². The smallest absolute Gasteiger partial charge is 0.157 e. The molecular formula is C15H14ClNO2. The summed E-state index contributed by atoms with van der Waals surface area (Å²) in [6, 6.07) is 11.2. The second-order valence-electron chi connectivity index (χ2n) is 4.80. The molecular weight excluding hydrogens is 262 g/mol. The van der Waals surface area contributed by atoms with E-state index in [2.05, 4.69) is 5.32 Å². The summed E-state index contributed by atoms with van der Waals surface area (Å²) in [7, 11) is 0. The fourth-order valence-corrected chi connectivity index (χ4v) is 2.60. The minimum Gasteiger partial charge on any atom is -0.504 e. The molecule has 2 aromatic rings.